The zero-order valence-electron chi connectivity index (χ0n) is 10.2. The standard InChI is InChI=1S/C14H15FN2S/c1-8-4-9(2-3-12(8)15)13-7-18-14(17-13)10-5-11(16)6-10/h2-4,7,10-11H,5-6,16H2,1H3. The zero-order chi connectivity index (χ0) is 12.7. The largest absolute Gasteiger partial charge is 0.328 e. The van der Waals surface area contributed by atoms with Crippen LogP contribution < -0.4 is 5.73 Å². The Bertz CT molecular complexity index is 573. The second-order valence-corrected chi connectivity index (χ2v) is 5.85. The van der Waals surface area contributed by atoms with E-state index < -0.39 is 0 Å². The SMILES string of the molecule is Cc1cc(-c2csc(C3CC(N)C3)n2)ccc1F. The molecule has 2 aromatic rings. The van der Waals surface area contributed by atoms with E-state index >= 15 is 0 Å². The van der Waals surface area contributed by atoms with Gasteiger partial charge in [0, 0.05) is 22.9 Å². The van der Waals surface area contributed by atoms with Crippen LogP contribution in [0.25, 0.3) is 11.3 Å². The molecular weight excluding hydrogens is 247 g/mol. The van der Waals surface area contributed by atoms with Crippen molar-refractivity contribution in [1.82, 2.24) is 4.98 Å². The molecule has 0 unspecified atom stereocenters. The summed E-state index contributed by atoms with van der Waals surface area (Å²) in [5.41, 5.74) is 8.39. The second kappa shape index (κ2) is 4.44. The van der Waals surface area contributed by atoms with Crippen LogP contribution in [0.15, 0.2) is 23.6 Å². The Morgan fingerprint density at radius 2 is 2.17 bits per heavy atom. The summed E-state index contributed by atoms with van der Waals surface area (Å²) >= 11 is 1.68. The van der Waals surface area contributed by atoms with E-state index in [1.807, 2.05) is 11.4 Å². The fraction of sp³-hybridized carbons (Fsp3) is 0.357. The van der Waals surface area contributed by atoms with Crippen LogP contribution in [-0.2, 0) is 0 Å². The molecule has 1 fully saturated rings. The molecule has 3 rings (SSSR count). The van der Waals surface area contributed by atoms with E-state index in [-0.39, 0.29) is 5.82 Å². The zero-order valence-corrected chi connectivity index (χ0v) is 11.0. The summed E-state index contributed by atoms with van der Waals surface area (Å²) < 4.78 is 13.2. The first-order valence-electron chi connectivity index (χ1n) is 6.11. The molecule has 0 bridgehead atoms. The van der Waals surface area contributed by atoms with E-state index in [2.05, 4.69) is 4.98 Å². The first-order chi connectivity index (χ1) is 8.63. The van der Waals surface area contributed by atoms with Crippen LogP contribution in [0, 0.1) is 12.7 Å². The molecule has 0 atom stereocenters. The summed E-state index contributed by atoms with van der Waals surface area (Å²) in [6, 6.07) is 5.48. The molecule has 1 aliphatic rings. The van der Waals surface area contributed by atoms with Gasteiger partial charge in [-0.2, -0.15) is 0 Å². The molecule has 2 N–H and O–H groups in total. The lowest BCUT2D eigenvalue weighted by molar-refractivity contribution is 0.351. The maximum absolute atomic E-state index is 13.2. The van der Waals surface area contributed by atoms with Gasteiger partial charge in [-0.3, -0.25) is 0 Å². The third-order valence-electron chi connectivity index (χ3n) is 3.50. The number of rotatable bonds is 2. The van der Waals surface area contributed by atoms with E-state index in [1.165, 1.54) is 6.07 Å². The van der Waals surface area contributed by atoms with Crippen molar-refractivity contribution in [2.75, 3.05) is 0 Å². The van der Waals surface area contributed by atoms with Gasteiger partial charge in [0.2, 0.25) is 0 Å². The molecule has 0 spiro atoms. The van der Waals surface area contributed by atoms with Crippen molar-refractivity contribution in [1.29, 1.82) is 0 Å². The average molecular weight is 262 g/mol. The molecule has 0 saturated heterocycles. The van der Waals surface area contributed by atoms with Gasteiger partial charge in [-0.15, -0.1) is 11.3 Å². The van der Waals surface area contributed by atoms with Gasteiger partial charge in [0.1, 0.15) is 5.82 Å². The topological polar surface area (TPSA) is 38.9 Å². The van der Waals surface area contributed by atoms with E-state index in [0.29, 0.717) is 17.5 Å². The van der Waals surface area contributed by atoms with Gasteiger partial charge in [-0.05, 0) is 43.5 Å². The molecular formula is C14H15FN2S. The van der Waals surface area contributed by atoms with Crippen molar-refractivity contribution in [2.24, 2.45) is 5.73 Å². The van der Waals surface area contributed by atoms with E-state index in [9.17, 15) is 4.39 Å². The first-order valence-corrected chi connectivity index (χ1v) is 6.99. The normalized spacial score (nSPS) is 22.8. The second-order valence-electron chi connectivity index (χ2n) is 4.96. The first kappa shape index (κ1) is 11.8. The van der Waals surface area contributed by atoms with Gasteiger partial charge in [0.15, 0.2) is 0 Å². The van der Waals surface area contributed by atoms with Crippen LogP contribution >= 0.6 is 11.3 Å². The fourth-order valence-corrected chi connectivity index (χ4v) is 3.23. The van der Waals surface area contributed by atoms with Crippen molar-refractivity contribution in [2.45, 2.75) is 31.7 Å². The van der Waals surface area contributed by atoms with Gasteiger partial charge in [0.05, 0.1) is 10.7 Å². The third kappa shape index (κ3) is 2.06. The number of hydrogen-bond donors (Lipinski definition) is 1. The van der Waals surface area contributed by atoms with Gasteiger partial charge in [-0.1, -0.05) is 0 Å². The summed E-state index contributed by atoms with van der Waals surface area (Å²) in [4.78, 5) is 4.65. The molecule has 2 nitrogen and oxygen atoms in total. The predicted octanol–water partition coefficient (Wildman–Crippen LogP) is 3.46. The third-order valence-corrected chi connectivity index (χ3v) is 4.51. The van der Waals surface area contributed by atoms with Crippen LogP contribution in [0.3, 0.4) is 0 Å². The maximum Gasteiger partial charge on any atom is 0.126 e. The Morgan fingerprint density at radius 3 is 2.83 bits per heavy atom. The molecule has 1 saturated carbocycles. The van der Waals surface area contributed by atoms with Crippen molar-refractivity contribution in [3.05, 3.63) is 40.0 Å². The van der Waals surface area contributed by atoms with Crippen molar-refractivity contribution in [3.63, 3.8) is 0 Å². The lowest BCUT2D eigenvalue weighted by atomic mass is 9.81. The Morgan fingerprint density at radius 1 is 1.39 bits per heavy atom. The number of thiazole rings is 1. The van der Waals surface area contributed by atoms with Crippen LogP contribution in [0.4, 0.5) is 4.39 Å². The number of benzene rings is 1. The molecule has 4 heteroatoms. The van der Waals surface area contributed by atoms with Gasteiger partial charge < -0.3 is 5.73 Å². The fourth-order valence-electron chi connectivity index (χ4n) is 2.28. The van der Waals surface area contributed by atoms with Crippen LogP contribution in [0.5, 0.6) is 0 Å². The van der Waals surface area contributed by atoms with E-state index in [1.54, 1.807) is 24.3 Å². The molecule has 0 radical (unpaired) electrons. The predicted molar refractivity (Wildman–Crippen MR) is 72.2 cm³/mol. The molecule has 0 amide bonds. The number of aryl methyl sites for hydroxylation is 1. The lowest BCUT2D eigenvalue weighted by Crippen LogP contribution is -2.34. The Labute approximate surface area is 110 Å². The smallest absolute Gasteiger partial charge is 0.126 e. The summed E-state index contributed by atoms with van der Waals surface area (Å²) in [6.07, 6.45) is 2.07. The highest BCUT2D eigenvalue weighted by Crippen LogP contribution is 2.38. The number of halogens is 1. The highest BCUT2D eigenvalue weighted by Gasteiger charge is 2.29. The molecule has 94 valence electrons. The van der Waals surface area contributed by atoms with Gasteiger partial charge in [-0.25, -0.2) is 9.37 Å². The van der Waals surface area contributed by atoms with Crippen LogP contribution in [0.2, 0.25) is 0 Å². The molecule has 1 aliphatic carbocycles. The highest BCUT2D eigenvalue weighted by atomic mass is 32.1. The maximum atomic E-state index is 13.2. The molecule has 18 heavy (non-hydrogen) atoms. The summed E-state index contributed by atoms with van der Waals surface area (Å²) in [5, 5.41) is 3.21. The van der Waals surface area contributed by atoms with Gasteiger partial charge in [0.25, 0.3) is 0 Å². The quantitative estimate of drug-likeness (QED) is 0.900. The summed E-state index contributed by atoms with van der Waals surface area (Å²) in [6.45, 7) is 1.77. The minimum Gasteiger partial charge on any atom is -0.328 e. The summed E-state index contributed by atoms with van der Waals surface area (Å²) in [7, 11) is 0. The molecule has 1 aromatic carbocycles. The van der Waals surface area contributed by atoms with E-state index in [0.717, 1.165) is 29.1 Å². The molecule has 0 aliphatic heterocycles. The number of nitrogens with zero attached hydrogens (tertiary/aromatic N) is 1. The van der Waals surface area contributed by atoms with Crippen LogP contribution in [-0.4, -0.2) is 11.0 Å². The van der Waals surface area contributed by atoms with Gasteiger partial charge >= 0.3 is 0 Å². The van der Waals surface area contributed by atoms with E-state index in [4.69, 9.17) is 5.73 Å². The minimum atomic E-state index is -0.167. The molecule has 1 heterocycles. The van der Waals surface area contributed by atoms with Crippen molar-refractivity contribution >= 4 is 11.3 Å². The van der Waals surface area contributed by atoms with Crippen LogP contribution in [0.1, 0.15) is 29.3 Å². The lowest BCUT2D eigenvalue weighted by Gasteiger charge is -2.30. The summed E-state index contributed by atoms with van der Waals surface area (Å²) in [5.74, 6) is 0.361. The number of hydrogen-bond acceptors (Lipinski definition) is 3. The monoisotopic (exact) mass is 262 g/mol. The average Bonchev–Trinajstić information content (AvgIpc) is 2.78. The number of nitrogens with two attached hydrogens (primary N) is 1. The molecule has 1 aromatic heterocycles. The van der Waals surface area contributed by atoms with Crippen molar-refractivity contribution < 1.29 is 4.39 Å². The Kier molecular flexibility index (Phi) is 2.92. The minimum absolute atomic E-state index is 0.167. The van der Waals surface area contributed by atoms with Crippen molar-refractivity contribution in [3.8, 4) is 11.3 Å². The Hall–Kier alpha value is -1.26. The Balaban J connectivity index is 1.86. The highest BCUT2D eigenvalue weighted by molar-refractivity contribution is 7.10. The number of aromatic nitrogens is 1.